The molecule has 0 spiro atoms. The number of hydrogen-bond donors (Lipinski definition) is 0. The van der Waals surface area contributed by atoms with Crippen LogP contribution in [0.2, 0.25) is 0 Å². The van der Waals surface area contributed by atoms with E-state index in [2.05, 4.69) is 36.6 Å². The Morgan fingerprint density at radius 1 is 1.12 bits per heavy atom. The van der Waals surface area contributed by atoms with E-state index >= 15 is 0 Å². The van der Waals surface area contributed by atoms with Gasteiger partial charge in [-0.15, -0.1) is 0 Å². The number of benzene rings is 1. The van der Waals surface area contributed by atoms with Gasteiger partial charge in [-0.25, -0.2) is 8.42 Å². The molecule has 178 valence electrons. The summed E-state index contributed by atoms with van der Waals surface area (Å²) in [6.07, 6.45) is 5.14. The Morgan fingerprint density at radius 2 is 1.81 bits per heavy atom. The highest BCUT2D eigenvalue weighted by Gasteiger charge is 2.51. The number of rotatable bonds is 9. The van der Waals surface area contributed by atoms with Gasteiger partial charge in [-0.05, 0) is 60.9 Å². The molecule has 6 nitrogen and oxygen atoms in total. The van der Waals surface area contributed by atoms with Gasteiger partial charge >= 0.3 is 0 Å². The number of piperazine rings is 1. The molecule has 5 rings (SSSR count). The van der Waals surface area contributed by atoms with Crippen LogP contribution in [0, 0.1) is 17.3 Å². The molecule has 1 heterocycles. The maximum Gasteiger partial charge on any atom is 0.243 e. The van der Waals surface area contributed by atoms with Crippen molar-refractivity contribution in [2.24, 2.45) is 17.3 Å². The fourth-order valence-corrected chi connectivity index (χ4v) is 7.06. The molecule has 4 aliphatic rings. The second-order valence-electron chi connectivity index (χ2n) is 10.1. The Balaban J connectivity index is 1.26. The fourth-order valence-electron chi connectivity index (χ4n) is 5.64. The van der Waals surface area contributed by atoms with E-state index in [4.69, 9.17) is 4.74 Å². The molecule has 32 heavy (non-hydrogen) atoms. The highest BCUT2D eigenvalue weighted by molar-refractivity contribution is 7.89. The first kappa shape index (κ1) is 23.7. The van der Waals surface area contributed by atoms with Crippen molar-refractivity contribution in [2.75, 3.05) is 59.5 Å². The summed E-state index contributed by atoms with van der Waals surface area (Å²) in [7, 11) is -1.86. The summed E-state index contributed by atoms with van der Waals surface area (Å²) in [5.41, 5.74) is 2.13. The number of sulfonamides is 1. The maximum absolute atomic E-state index is 13.0. The third-order valence-electron chi connectivity index (χ3n) is 8.20. The number of nitrogens with zero attached hydrogens (tertiary/aromatic N) is 3. The first-order valence-electron chi connectivity index (χ1n) is 12.0. The molecule has 0 radical (unpaired) electrons. The summed E-state index contributed by atoms with van der Waals surface area (Å²) >= 11 is 0. The third-order valence-corrected chi connectivity index (χ3v) is 10.1. The molecule has 2 bridgehead atoms. The van der Waals surface area contributed by atoms with E-state index in [0.29, 0.717) is 29.1 Å². The van der Waals surface area contributed by atoms with E-state index in [1.54, 1.807) is 41.3 Å². The van der Waals surface area contributed by atoms with Crippen LogP contribution < -0.4 is 4.74 Å². The molecule has 1 aromatic rings. The van der Waals surface area contributed by atoms with Crippen molar-refractivity contribution < 1.29 is 13.2 Å². The normalized spacial score (nSPS) is 26.0. The lowest BCUT2D eigenvalue weighted by atomic mass is 9.49. The van der Waals surface area contributed by atoms with E-state index in [9.17, 15) is 8.42 Å². The maximum atomic E-state index is 13.0. The van der Waals surface area contributed by atoms with Gasteiger partial charge < -0.3 is 4.74 Å². The van der Waals surface area contributed by atoms with Gasteiger partial charge in [0, 0.05) is 45.8 Å². The lowest BCUT2D eigenvalue weighted by Gasteiger charge is -2.57. The van der Waals surface area contributed by atoms with Gasteiger partial charge in [-0.3, -0.25) is 9.80 Å². The van der Waals surface area contributed by atoms with E-state index in [-0.39, 0.29) is 0 Å². The average molecular weight is 462 g/mol. The molecule has 1 aliphatic heterocycles. The molecule has 0 aromatic heterocycles. The van der Waals surface area contributed by atoms with Gasteiger partial charge in [0.05, 0.1) is 12.0 Å². The van der Waals surface area contributed by atoms with Crippen molar-refractivity contribution in [3.8, 4) is 5.75 Å². The monoisotopic (exact) mass is 461 g/mol. The van der Waals surface area contributed by atoms with Crippen molar-refractivity contribution in [3.05, 3.63) is 35.9 Å². The lowest BCUT2D eigenvalue weighted by molar-refractivity contribution is -0.0107. The van der Waals surface area contributed by atoms with Crippen molar-refractivity contribution in [1.29, 1.82) is 0 Å². The zero-order valence-electron chi connectivity index (χ0n) is 20.1. The van der Waals surface area contributed by atoms with Gasteiger partial charge in [0.2, 0.25) is 10.0 Å². The molecule has 2 unspecified atom stereocenters. The molecule has 7 heteroatoms. The van der Waals surface area contributed by atoms with Gasteiger partial charge in [0.1, 0.15) is 5.75 Å². The minimum atomic E-state index is -3.45. The fraction of sp³-hybridized carbons (Fsp3) is 0.680. The van der Waals surface area contributed by atoms with Crippen LogP contribution in [0.5, 0.6) is 5.75 Å². The predicted octanol–water partition coefficient (Wildman–Crippen LogP) is 3.32. The van der Waals surface area contributed by atoms with Crippen LogP contribution in [-0.2, 0) is 10.0 Å². The van der Waals surface area contributed by atoms with Crippen LogP contribution in [0.3, 0.4) is 0 Å². The summed E-state index contributed by atoms with van der Waals surface area (Å²) in [5.74, 6) is 2.32. The Hall–Kier alpha value is -1.41. The topological polar surface area (TPSA) is 53.1 Å². The number of fused-ring (bicyclic) bond motifs is 1. The first-order valence-corrected chi connectivity index (χ1v) is 13.5. The molecular weight excluding hydrogens is 422 g/mol. The number of methoxy groups -OCH3 is 1. The SMILES string of the molecule is CCN(CCN1CCN(S(=O)(=O)c2ccc(OC)cc2)CC1)CC1=CCC2CC1C2(C)C. The predicted molar refractivity (Wildman–Crippen MR) is 128 cm³/mol. The van der Waals surface area contributed by atoms with E-state index in [0.717, 1.165) is 51.1 Å². The molecular formula is C25H39N3O3S. The van der Waals surface area contributed by atoms with Crippen LogP contribution >= 0.6 is 0 Å². The van der Waals surface area contributed by atoms with Crippen LogP contribution in [0.1, 0.15) is 33.6 Å². The van der Waals surface area contributed by atoms with Crippen molar-refractivity contribution >= 4 is 10.0 Å². The summed E-state index contributed by atoms with van der Waals surface area (Å²) in [4.78, 5) is 5.30. The highest BCUT2D eigenvalue weighted by atomic mass is 32.2. The lowest BCUT2D eigenvalue weighted by Crippen LogP contribution is -2.51. The number of hydrogen-bond acceptors (Lipinski definition) is 5. The minimum absolute atomic E-state index is 0.339. The average Bonchev–Trinajstić information content (AvgIpc) is 2.82. The number of likely N-dealkylation sites (N-methyl/N-ethyl adjacent to an activating group) is 1. The second kappa shape index (κ2) is 9.45. The van der Waals surface area contributed by atoms with Crippen LogP contribution in [-0.4, -0.2) is 82.0 Å². The molecule has 3 aliphatic carbocycles. The summed E-state index contributed by atoms with van der Waals surface area (Å²) < 4.78 is 32.7. The van der Waals surface area contributed by atoms with Gasteiger partial charge in [-0.1, -0.05) is 32.4 Å². The van der Waals surface area contributed by atoms with Crippen molar-refractivity contribution in [3.63, 3.8) is 0 Å². The first-order chi connectivity index (χ1) is 15.3. The van der Waals surface area contributed by atoms with Gasteiger partial charge in [0.25, 0.3) is 0 Å². The Morgan fingerprint density at radius 3 is 2.38 bits per heavy atom. The summed E-state index contributed by atoms with van der Waals surface area (Å²) in [5, 5.41) is 0. The van der Waals surface area contributed by atoms with Crippen molar-refractivity contribution in [2.45, 2.75) is 38.5 Å². The molecule has 2 fully saturated rings. The highest BCUT2D eigenvalue weighted by Crippen LogP contribution is 2.59. The summed E-state index contributed by atoms with van der Waals surface area (Å²) in [6, 6.07) is 6.67. The smallest absolute Gasteiger partial charge is 0.243 e. The number of ether oxygens (including phenoxy) is 1. The van der Waals surface area contributed by atoms with E-state index in [1.807, 2.05) is 0 Å². The van der Waals surface area contributed by atoms with Gasteiger partial charge in [-0.2, -0.15) is 4.31 Å². The second-order valence-corrected chi connectivity index (χ2v) is 12.0. The molecule has 0 amide bonds. The molecule has 1 saturated heterocycles. The van der Waals surface area contributed by atoms with Crippen LogP contribution in [0.15, 0.2) is 40.8 Å². The van der Waals surface area contributed by atoms with Crippen molar-refractivity contribution in [1.82, 2.24) is 14.1 Å². The Bertz CT molecular complexity index is 918. The standard InChI is InChI=1S/C25H39N3O3S/c1-5-26(19-20-6-7-21-18-24(20)25(21,2)3)12-13-27-14-16-28(17-15-27)32(29,30)23-10-8-22(31-4)9-11-23/h6,8-11,21,24H,5,7,12-19H2,1-4H3. The quantitative estimate of drug-likeness (QED) is 0.528. The summed E-state index contributed by atoms with van der Waals surface area (Å²) in [6.45, 7) is 14.0. The molecule has 1 saturated carbocycles. The van der Waals surface area contributed by atoms with Crippen LogP contribution in [0.25, 0.3) is 0 Å². The minimum Gasteiger partial charge on any atom is -0.497 e. The zero-order chi connectivity index (χ0) is 22.9. The zero-order valence-corrected chi connectivity index (χ0v) is 20.9. The van der Waals surface area contributed by atoms with Gasteiger partial charge in [0.15, 0.2) is 0 Å². The van der Waals surface area contributed by atoms with E-state index in [1.165, 1.54) is 12.8 Å². The van der Waals surface area contributed by atoms with Crippen LogP contribution in [0.4, 0.5) is 0 Å². The Kier molecular flexibility index (Phi) is 7.01. The molecule has 2 atom stereocenters. The van der Waals surface area contributed by atoms with E-state index < -0.39 is 10.0 Å². The number of allylic oxidation sites excluding steroid dienone is 1. The molecule has 0 N–H and O–H groups in total. The Labute approximate surface area is 194 Å². The largest absolute Gasteiger partial charge is 0.497 e. The molecule has 1 aromatic carbocycles. The third kappa shape index (κ3) is 4.63.